The molecule has 2 heterocycles. The van der Waals surface area contributed by atoms with Gasteiger partial charge >= 0.3 is 0 Å². The van der Waals surface area contributed by atoms with Gasteiger partial charge < -0.3 is 10.2 Å². The molecule has 1 aromatic carbocycles. The molecule has 6 heteroatoms. The second-order valence-corrected chi connectivity index (χ2v) is 7.02. The van der Waals surface area contributed by atoms with Gasteiger partial charge in [-0.15, -0.1) is 0 Å². The van der Waals surface area contributed by atoms with Gasteiger partial charge in [-0.2, -0.15) is 0 Å². The minimum absolute atomic E-state index is 0.0761. The van der Waals surface area contributed by atoms with Crippen LogP contribution in [0.1, 0.15) is 16.8 Å². The molecule has 1 unspecified atom stereocenters. The number of halogens is 2. The summed E-state index contributed by atoms with van der Waals surface area (Å²) in [5.74, 6) is -0.0761. The molecule has 114 valence electrons. The van der Waals surface area contributed by atoms with Crippen LogP contribution >= 0.6 is 31.9 Å². The number of carbonyl (C=O) groups is 1. The molecule has 2 aromatic rings. The predicted molar refractivity (Wildman–Crippen MR) is 94.2 cm³/mol. The van der Waals surface area contributed by atoms with E-state index in [1.807, 2.05) is 18.2 Å². The Morgan fingerprint density at radius 3 is 2.86 bits per heavy atom. The van der Waals surface area contributed by atoms with Gasteiger partial charge in [0.2, 0.25) is 0 Å². The maximum atomic E-state index is 12.3. The van der Waals surface area contributed by atoms with Gasteiger partial charge in [-0.05, 0) is 56.5 Å². The van der Waals surface area contributed by atoms with Gasteiger partial charge in [0.25, 0.3) is 5.91 Å². The second-order valence-electron chi connectivity index (χ2n) is 5.25. The van der Waals surface area contributed by atoms with Crippen LogP contribution in [0.5, 0.6) is 0 Å². The molecule has 0 aliphatic carbocycles. The molecule has 1 fully saturated rings. The standard InChI is InChI=1S/C16H15Br2N3O/c17-12-7-11(8-19-9-12)16(22)20-13-5-6-21(10-13)15-4-2-1-3-14(15)18/h1-4,7-9,13H,5-6,10H2,(H,20,22). The zero-order valence-corrected chi connectivity index (χ0v) is 15.0. The van der Waals surface area contributed by atoms with Crippen LogP contribution in [-0.2, 0) is 0 Å². The van der Waals surface area contributed by atoms with E-state index in [9.17, 15) is 4.79 Å². The Balaban J connectivity index is 1.64. The summed E-state index contributed by atoms with van der Waals surface area (Å²) >= 11 is 6.91. The van der Waals surface area contributed by atoms with E-state index in [2.05, 4.69) is 53.1 Å². The normalized spacial score (nSPS) is 17.5. The van der Waals surface area contributed by atoms with Crippen molar-refractivity contribution >= 4 is 43.5 Å². The molecule has 1 saturated heterocycles. The van der Waals surface area contributed by atoms with Crippen molar-refractivity contribution in [3.05, 3.63) is 57.2 Å². The quantitative estimate of drug-likeness (QED) is 0.818. The lowest BCUT2D eigenvalue weighted by Crippen LogP contribution is -2.37. The van der Waals surface area contributed by atoms with Gasteiger partial charge in [-0.3, -0.25) is 9.78 Å². The summed E-state index contributed by atoms with van der Waals surface area (Å²) in [4.78, 5) is 18.6. The summed E-state index contributed by atoms with van der Waals surface area (Å²) in [5.41, 5.74) is 1.75. The first-order valence-electron chi connectivity index (χ1n) is 7.04. The lowest BCUT2D eigenvalue weighted by molar-refractivity contribution is 0.0940. The van der Waals surface area contributed by atoms with Crippen molar-refractivity contribution in [2.45, 2.75) is 12.5 Å². The highest BCUT2D eigenvalue weighted by atomic mass is 79.9. The molecule has 1 amide bonds. The van der Waals surface area contributed by atoms with E-state index < -0.39 is 0 Å². The van der Waals surface area contributed by atoms with Crippen molar-refractivity contribution in [1.82, 2.24) is 10.3 Å². The number of amides is 1. The van der Waals surface area contributed by atoms with E-state index in [1.165, 1.54) is 5.69 Å². The molecule has 0 bridgehead atoms. The van der Waals surface area contributed by atoms with Gasteiger partial charge in [0.1, 0.15) is 0 Å². The van der Waals surface area contributed by atoms with Gasteiger partial charge in [-0.25, -0.2) is 0 Å². The summed E-state index contributed by atoms with van der Waals surface area (Å²) < 4.78 is 1.89. The Morgan fingerprint density at radius 1 is 1.27 bits per heavy atom. The molecule has 1 aliphatic heterocycles. The molecule has 3 rings (SSSR count). The van der Waals surface area contributed by atoms with Crippen LogP contribution in [0.2, 0.25) is 0 Å². The summed E-state index contributed by atoms with van der Waals surface area (Å²) in [5, 5.41) is 3.08. The van der Waals surface area contributed by atoms with Crippen molar-refractivity contribution in [2.24, 2.45) is 0 Å². The van der Waals surface area contributed by atoms with Gasteiger partial charge in [0.15, 0.2) is 0 Å². The maximum absolute atomic E-state index is 12.3. The van der Waals surface area contributed by atoms with Crippen LogP contribution in [0.4, 0.5) is 5.69 Å². The van der Waals surface area contributed by atoms with Crippen LogP contribution in [-0.4, -0.2) is 30.0 Å². The van der Waals surface area contributed by atoms with Gasteiger partial charge in [0.05, 0.1) is 11.3 Å². The summed E-state index contributed by atoms with van der Waals surface area (Å²) in [6.07, 6.45) is 4.19. The number of nitrogens with zero attached hydrogens (tertiary/aromatic N) is 2. The summed E-state index contributed by atoms with van der Waals surface area (Å²) in [6, 6.07) is 10.1. The number of hydrogen-bond donors (Lipinski definition) is 1. The van der Waals surface area contributed by atoms with Gasteiger partial charge in [-0.1, -0.05) is 12.1 Å². The lowest BCUT2D eigenvalue weighted by atomic mass is 10.2. The highest BCUT2D eigenvalue weighted by Gasteiger charge is 2.25. The van der Waals surface area contributed by atoms with Gasteiger partial charge in [0, 0.05) is 40.5 Å². The highest BCUT2D eigenvalue weighted by Crippen LogP contribution is 2.28. The van der Waals surface area contributed by atoms with Crippen molar-refractivity contribution < 1.29 is 4.79 Å². The third-order valence-electron chi connectivity index (χ3n) is 3.68. The highest BCUT2D eigenvalue weighted by molar-refractivity contribution is 9.10. The second kappa shape index (κ2) is 6.79. The topological polar surface area (TPSA) is 45.2 Å². The first kappa shape index (κ1) is 15.5. The number of rotatable bonds is 3. The van der Waals surface area contributed by atoms with Crippen LogP contribution < -0.4 is 10.2 Å². The van der Waals surface area contributed by atoms with Crippen LogP contribution in [0.25, 0.3) is 0 Å². The minimum atomic E-state index is -0.0761. The SMILES string of the molecule is O=C(NC1CCN(c2ccccc2Br)C1)c1cncc(Br)c1. The third-order valence-corrected chi connectivity index (χ3v) is 4.79. The number of carbonyl (C=O) groups excluding carboxylic acids is 1. The van der Waals surface area contributed by atoms with Crippen LogP contribution in [0.15, 0.2) is 51.7 Å². The predicted octanol–water partition coefficient (Wildman–Crippen LogP) is 3.62. The minimum Gasteiger partial charge on any atom is -0.368 e. The Morgan fingerprint density at radius 2 is 2.09 bits per heavy atom. The summed E-state index contributed by atoms with van der Waals surface area (Å²) in [6.45, 7) is 1.75. The zero-order valence-electron chi connectivity index (χ0n) is 11.8. The van der Waals surface area contributed by atoms with E-state index >= 15 is 0 Å². The van der Waals surface area contributed by atoms with E-state index in [4.69, 9.17) is 0 Å². The molecule has 22 heavy (non-hydrogen) atoms. The molecule has 4 nitrogen and oxygen atoms in total. The Labute approximate surface area is 146 Å². The number of hydrogen-bond acceptors (Lipinski definition) is 3. The fraction of sp³-hybridized carbons (Fsp3) is 0.250. The first-order valence-corrected chi connectivity index (χ1v) is 8.63. The van der Waals surface area contributed by atoms with E-state index in [0.29, 0.717) is 5.56 Å². The van der Waals surface area contributed by atoms with Crippen molar-refractivity contribution in [3.63, 3.8) is 0 Å². The number of benzene rings is 1. The molecule has 1 aromatic heterocycles. The average molecular weight is 425 g/mol. The molecule has 0 radical (unpaired) electrons. The number of anilines is 1. The van der Waals surface area contributed by atoms with Crippen LogP contribution in [0.3, 0.4) is 0 Å². The number of pyridine rings is 1. The van der Waals surface area contributed by atoms with Crippen LogP contribution in [0, 0.1) is 0 Å². The Bertz CT molecular complexity index is 693. The van der Waals surface area contributed by atoms with E-state index in [0.717, 1.165) is 28.5 Å². The molecular weight excluding hydrogens is 410 g/mol. The molecule has 0 spiro atoms. The molecule has 1 atom stereocenters. The zero-order chi connectivity index (χ0) is 15.5. The Kier molecular flexibility index (Phi) is 4.78. The first-order chi connectivity index (χ1) is 10.6. The number of para-hydroxylation sites is 1. The Hall–Kier alpha value is -1.40. The average Bonchev–Trinajstić information content (AvgIpc) is 2.96. The summed E-state index contributed by atoms with van der Waals surface area (Å²) in [7, 11) is 0. The number of nitrogens with one attached hydrogen (secondary N) is 1. The lowest BCUT2D eigenvalue weighted by Gasteiger charge is -2.20. The van der Waals surface area contributed by atoms with E-state index in [-0.39, 0.29) is 11.9 Å². The van der Waals surface area contributed by atoms with Crippen molar-refractivity contribution in [2.75, 3.05) is 18.0 Å². The fourth-order valence-corrected chi connectivity index (χ4v) is 3.51. The largest absolute Gasteiger partial charge is 0.368 e. The van der Waals surface area contributed by atoms with Crippen molar-refractivity contribution in [3.8, 4) is 0 Å². The molecule has 1 aliphatic rings. The fourth-order valence-electron chi connectivity index (χ4n) is 2.61. The molecule has 1 N–H and O–H groups in total. The monoisotopic (exact) mass is 423 g/mol. The van der Waals surface area contributed by atoms with E-state index in [1.54, 1.807) is 18.5 Å². The van der Waals surface area contributed by atoms with Crippen molar-refractivity contribution in [1.29, 1.82) is 0 Å². The molecular formula is C16H15Br2N3O. The smallest absolute Gasteiger partial charge is 0.253 e. The third kappa shape index (κ3) is 3.50. The number of aromatic nitrogens is 1. The molecule has 0 saturated carbocycles. The maximum Gasteiger partial charge on any atom is 0.253 e.